The standard InChI is InChI=1S/C21H17FN4O/c1-13-7-8-16(12-18(13)22)20(27)24-17-6-3-5-15(11-17)19-14(2)26-10-4-9-23-21(26)25-19/h3-12H,1-2H3,(H,24,27). The minimum atomic E-state index is -0.399. The maximum atomic E-state index is 13.7. The number of halogens is 1. The van der Waals surface area contributed by atoms with Crippen molar-refractivity contribution in [3.63, 3.8) is 0 Å². The highest BCUT2D eigenvalue weighted by atomic mass is 19.1. The predicted molar refractivity (Wildman–Crippen MR) is 102 cm³/mol. The van der Waals surface area contributed by atoms with Crippen LogP contribution in [0.5, 0.6) is 0 Å². The minimum Gasteiger partial charge on any atom is -0.322 e. The molecular weight excluding hydrogens is 343 g/mol. The van der Waals surface area contributed by atoms with E-state index in [4.69, 9.17) is 0 Å². The molecule has 0 radical (unpaired) electrons. The van der Waals surface area contributed by atoms with E-state index in [0.29, 0.717) is 17.0 Å². The van der Waals surface area contributed by atoms with Gasteiger partial charge in [0.2, 0.25) is 5.78 Å². The van der Waals surface area contributed by atoms with Crippen molar-refractivity contribution in [1.29, 1.82) is 0 Å². The van der Waals surface area contributed by atoms with E-state index in [-0.39, 0.29) is 11.5 Å². The van der Waals surface area contributed by atoms with Crippen molar-refractivity contribution in [1.82, 2.24) is 14.4 Å². The lowest BCUT2D eigenvalue weighted by Gasteiger charge is -2.08. The van der Waals surface area contributed by atoms with Gasteiger partial charge >= 0.3 is 0 Å². The highest BCUT2D eigenvalue weighted by molar-refractivity contribution is 6.04. The van der Waals surface area contributed by atoms with E-state index in [1.54, 1.807) is 31.3 Å². The van der Waals surface area contributed by atoms with Gasteiger partial charge in [0.1, 0.15) is 5.82 Å². The molecule has 5 nitrogen and oxygen atoms in total. The Bertz CT molecular complexity index is 1170. The van der Waals surface area contributed by atoms with Gasteiger partial charge in [0.05, 0.1) is 5.69 Å². The number of carbonyl (C=O) groups is 1. The fraction of sp³-hybridized carbons (Fsp3) is 0.0952. The summed E-state index contributed by atoms with van der Waals surface area (Å²) in [7, 11) is 0. The van der Waals surface area contributed by atoms with Gasteiger partial charge in [-0.3, -0.25) is 9.20 Å². The number of aromatic nitrogens is 3. The lowest BCUT2D eigenvalue weighted by molar-refractivity contribution is 0.102. The largest absolute Gasteiger partial charge is 0.322 e. The highest BCUT2D eigenvalue weighted by Gasteiger charge is 2.13. The number of imidazole rings is 1. The van der Waals surface area contributed by atoms with Gasteiger partial charge in [-0.25, -0.2) is 14.4 Å². The molecule has 0 bridgehead atoms. The summed E-state index contributed by atoms with van der Waals surface area (Å²) < 4.78 is 15.6. The van der Waals surface area contributed by atoms with Gasteiger partial charge < -0.3 is 5.32 Å². The van der Waals surface area contributed by atoms with Crippen molar-refractivity contribution in [3.05, 3.63) is 83.6 Å². The Morgan fingerprint density at radius 2 is 1.96 bits per heavy atom. The summed E-state index contributed by atoms with van der Waals surface area (Å²) in [5.41, 5.74) is 4.02. The molecule has 4 aromatic rings. The molecule has 0 atom stereocenters. The zero-order valence-electron chi connectivity index (χ0n) is 14.9. The average Bonchev–Trinajstić information content (AvgIpc) is 3.01. The third-order valence-corrected chi connectivity index (χ3v) is 4.47. The first kappa shape index (κ1) is 16.9. The Balaban J connectivity index is 1.65. The summed E-state index contributed by atoms with van der Waals surface area (Å²) in [6.07, 6.45) is 3.61. The molecule has 134 valence electrons. The maximum absolute atomic E-state index is 13.7. The first-order valence-corrected chi connectivity index (χ1v) is 8.50. The van der Waals surface area contributed by atoms with Crippen molar-refractivity contribution < 1.29 is 9.18 Å². The van der Waals surface area contributed by atoms with Gasteiger partial charge in [0.15, 0.2) is 0 Å². The molecule has 0 saturated heterocycles. The fourth-order valence-corrected chi connectivity index (χ4v) is 2.96. The smallest absolute Gasteiger partial charge is 0.255 e. The molecule has 0 spiro atoms. The van der Waals surface area contributed by atoms with Crippen LogP contribution in [0.25, 0.3) is 17.0 Å². The Kier molecular flexibility index (Phi) is 4.16. The zero-order chi connectivity index (χ0) is 19.0. The number of rotatable bonds is 3. The summed E-state index contributed by atoms with van der Waals surface area (Å²) in [6.45, 7) is 3.63. The van der Waals surface area contributed by atoms with Gasteiger partial charge in [-0.2, -0.15) is 0 Å². The van der Waals surface area contributed by atoms with Gasteiger partial charge in [-0.15, -0.1) is 0 Å². The first-order valence-electron chi connectivity index (χ1n) is 8.50. The van der Waals surface area contributed by atoms with E-state index < -0.39 is 5.82 Å². The van der Waals surface area contributed by atoms with Crippen LogP contribution in [0.15, 0.2) is 60.9 Å². The van der Waals surface area contributed by atoms with Crippen LogP contribution in [0.4, 0.5) is 10.1 Å². The Hall–Kier alpha value is -3.54. The lowest BCUT2D eigenvalue weighted by atomic mass is 10.1. The Morgan fingerprint density at radius 1 is 1.11 bits per heavy atom. The molecule has 0 aliphatic rings. The minimum absolute atomic E-state index is 0.275. The molecule has 0 fully saturated rings. The quantitative estimate of drug-likeness (QED) is 0.589. The van der Waals surface area contributed by atoms with E-state index in [1.165, 1.54) is 6.07 Å². The molecule has 0 aliphatic carbocycles. The average molecular weight is 360 g/mol. The van der Waals surface area contributed by atoms with Gasteiger partial charge in [-0.05, 0) is 49.7 Å². The van der Waals surface area contributed by atoms with E-state index >= 15 is 0 Å². The van der Waals surface area contributed by atoms with E-state index in [9.17, 15) is 9.18 Å². The van der Waals surface area contributed by atoms with Crippen LogP contribution in [-0.4, -0.2) is 20.3 Å². The number of nitrogens with one attached hydrogen (secondary N) is 1. The summed E-state index contributed by atoms with van der Waals surface area (Å²) in [5, 5.41) is 2.81. The van der Waals surface area contributed by atoms with Crippen LogP contribution >= 0.6 is 0 Å². The fourth-order valence-electron chi connectivity index (χ4n) is 2.96. The number of carbonyl (C=O) groups excluding carboxylic acids is 1. The third kappa shape index (κ3) is 3.17. The van der Waals surface area contributed by atoms with Gasteiger partial charge in [0.25, 0.3) is 5.91 Å². The van der Waals surface area contributed by atoms with Crippen molar-refractivity contribution in [2.45, 2.75) is 13.8 Å². The summed E-state index contributed by atoms with van der Waals surface area (Å²) in [6, 6.07) is 13.7. The number of hydrogen-bond donors (Lipinski definition) is 1. The molecule has 1 amide bonds. The van der Waals surface area contributed by atoms with Crippen LogP contribution in [0.2, 0.25) is 0 Å². The molecule has 2 aromatic carbocycles. The molecule has 4 rings (SSSR count). The van der Waals surface area contributed by atoms with Gasteiger partial charge in [0, 0.05) is 34.9 Å². The second kappa shape index (κ2) is 6.64. The van der Waals surface area contributed by atoms with Crippen molar-refractivity contribution in [2.24, 2.45) is 0 Å². The topological polar surface area (TPSA) is 59.3 Å². The van der Waals surface area contributed by atoms with E-state index in [2.05, 4.69) is 15.3 Å². The summed E-state index contributed by atoms with van der Waals surface area (Å²) in [4.78, 5) is 21.3. The molecule has 2 aromatic heterocycles. The Morgan fingerprint density at radius 3 is 2.74 bits per heavy atom. The van der Waals surface area contributed by atoms with Crippen molar-refractivity contribution in [3.8, 4) is 11.3 Å². The molecule has 0 saturated carbocycles. The number of hydrogen-bond acceptors (Lipinski definition) is 3. The molecule has 1 N–H and O–H groups in total. The molecule has 6 heteroatoms. The number of anilines is 1. The molecule has 0 unspecified atom stereocenters. The SMILES string of the molecule is Cc1ccc(C(=O)Nc2cccc(-c3nc4ncccn4c3C)c2)cc1F. The van der Waals surface area contributed by atoms with Gasteiger partial charge in [-0.1, -0.05) is 18.2 Å². The van der Waals surface area contributed by atoms with Crippen molar-refractivity contribution >= 4 is 17.4 Å². The highest BCUT2D eigenvalue weighted by Crippen LogP contribution is 2.26. The number of amides is 1. The number of nitrogens with zero attached hydrogens (tertiary/aromatic N) is 3. The van der Waals surface area contributed by atoms with Crippen LogP contribution in [-0.2, 0) is 0 Å². The molecule has 0 aliphatic heterocycles. The van der Waals surface area contributed by atoms with Crippen molar-refractivity contribution in [2.75, 3.05) is 5.32 Å². The second-order valence-corrected chi connectivity index (χ2v) is 6.33. The van der Waals surface area contributed by atoms with E-state index in [1.807, 2.05) is 41.8 Å². The third-order valence-electron chi connectivity index (χ3n) is 4.47. The summed E-state index contributed by atoms with van der Waals surface area (Å²) >= 11 is 0. The maximum Gasteiger partial charge on any atom is 0.255 e. The van der Waals surface area contributed by atoms with E-state index in [0.717, 1.165) is 17.0 Å². The zero-order valence-corrected chi connectivity index (χ0v) is 14.9. The summed E-state index contributed by atoms with van der Waals surface area (Å²) in [5.74, 6) is -0.141. The normalized spacial score (nSPS) is 10.9. The number of fused-ring (bicyclic) bond motifs is 1. The first-order chi connectivity index (χ1) is 13.0. The number of benzene rings is 2. The second-order valence-electron chi connectivity index (χ2n) is 6.33. The monoisotopic (exact) mass is 360 g/mol. The molecule has 27 heavy (non-hydrogen) atoms. The van der Waals surface area contributed by atoms with Crippen LogP contribution in [0.3, 0.4) is 0 Å². The number of aryl methyl sites for hydroxylation is 2. The predicted octanol–water partition coefficient (Wildman–Crippen LogP) is 4.40. The lowest BCUT2D eigenvalue weighted by Crippen LogP contribution is -2.12. The van der Waals surface area contributed by atoms with Crippen LogP contribution in [0.1, 0.15) is 21.6 Å². The van der Waals surface area contributed by atoms with Crippen LogP contribution in [0, 0.1) is 19.7 Å². The Labute approximate surface area is 155 Å². The molecule has 2 heterocycles. The van der Waals surface area contributed by atoms with Crippen LogP contribution < -0.4 is 5.32 Å². The molecular formula is C21H17FN4O.